The zero-order valence-corrected chi connectivity index (χ0v) is 8.88. The van der Waals surface area contributed by atoms with E-state index < -0.39 is 17.5 Å². The molecule has 0 aliphatic carbocycles. The van der Waals surface area contributed by atoms with Gasteiger partial charge in [0, 0.05) is 17.8 Å². The van der Waals surface area contributed by atoms with Crippen LogP contribution in [-0.4, -0.2) is 0 Å². The highest BCUT2D eigenvalue weighted by molar-refractivity contribution is 5.43. The summed E-state index contributed by atoms with van der Waals surface area (Å²) in [5, 5.41) is 2.76. The number of nitrogens with one attached hydrogen (secondary N) is 1. The summed E-state index contributed by atoms with van der Waals surface area (Å²) in [4.78, 5) is 0. The molecule has 0 bridgehead atoms. The molecule has 0 saturated carbocycles. The van der Waals surface area contributed by atoms with Gasteiger partial charge in [-0.2, -0.15) is 0 Å². The van der Waals surface area contributed by atoms with Gasteiger partial charge in [-0.15, -0.1) is 0 Å². The van der Waals surface area contributed by atoms with Gasteiger partial charge in [-0.05, 0) is 30.3 Å². The molecule has 2 aromatic rings. The molecule has 0 atom stereocenters. The molecular formula is C13H10F3N. The first-order chi connectivity index (χ1) is 8.16. The van der Waals surface area contributed by atoms with E-state index in [1.54, 1.807) is 6.07 Å². The van der Waals surface area contributed by atoms with Crippen molar-refractivity contribution in [2.45, 2.75) is 6.54 Å². The second kappa shape index (κ2) is 4.91. The lowest BCUT2D eigenvalue weighted by molar-refractivity contribution is 0.560. The van der Waals surface area contributed by atoms with Gasteiger partial charge in [-0.3, -0.25) is 0 Å². The summed E-state index contributed by atoms with van der Waals surface area (Å²) in [6, 6.07) is 9.39. The fourth-order valence-corrected chi connectivity index (χ4v) is 1.49. The van der Waals surface area contributed by atoms with Crippen LogP contribution < -0.4 is 5.32 Å². The molecule has 0 spiro atoms. The maximum atomic E-state index is 13.3. The van der Waals surface area contributed by atoms with Crippen LogP contribution >= 0.6 is 0 Å². The van der Waals surface area contributed by atoms with E-state index in [9.17, 15) is 13.2 Å². The van der Waals surface area contributed by atoms with Crippen LogP contribution in [0.1, 0.15) is 5.56 Å². The lowest BCUT2D eigenvalue weighted by Crippen LogP contribution is -2.04. The highest BCUT2D eigenvalue weighted by Crippen LogP contribution is 2.15. The van der Waals surface area contributed by atoms with Gasteiger partial charge in [0.25, 0.3) is 0 Å². The summed E-state index contributed by atoms with van der Waals surface area (Å²) in [6.45, 7) is -0.0258. The van der Waals surface area contributed by atoms with Gasteiger partial charge in [0.05, 0.1) is 0 Å². The molecule has 0 heterocycles. The molecule has 0 amide bonds. The lowest BCUT2D eigenvalue weighted by Gasteiger charge is -2.08. The average Bonchev–Trinajstić information content (AvgIpc) is 2.28. The first-order valence-electron chi connectivity index (χ1n) is 5.09. The minimum absolute atomic E-state index is 0.0258. The Labute approximate surface area is 96.9 Å². The molecule has 17 heavy (non-hydrogen) atoms. The van der Waals surface area contributed by atoms with Crippen molar-refractivity contribution in [1.82, 2.24) is 0 Å². The van der Waals surface area contributed by atoms with E-state index in [1.807, 2.05) is 0 Å². The Kier molecular flexibility index (Phi) is 3.32. The van der Waals surface area contributed by atoms with Crippen molar-refractivity contribution >= 4 is 5.69 Å². The third kappa shape index (κ3) is 2.78. The number of benzene rings is 2. The van der Waals surface area contributed by atoms with Crippen molar-refractivity contribution in [3.8, 4) is 0 Å². The Balaban J connectivity index is 2.13. The van der Waals surface area contributed by atoms with Crippen molar-refractivity contribution in [3.63, 3.8) is 0 Å². The van der Waals surface area contributed by atoms with E-state index in [1.165, 1.54) is 36.4 Å². The van der Waals surface area contributed by atoms with E-state index in [-0.39, 0.29) is 12.1 Å². The van der Waals surface area contributed by atoms with Crippen LogP contribution in [0.5, 0.6) is 0 Å². The Morgan fingerprint density at radius 3 is 2.18 bits per heavy atom. The molecule has 2 aromatic carbocycles. The second-order valence-corrected chi connectivity index (χ2v) is 3.56. The smallest absolute Gasteiger partial charge is 0.131 e. The highest BCUT2D eigenvalue weighted by atomic mass is 19.1. The van der Waals surface area contributed by atoms with Crippen LogP contribution in [0.2, 0.25) is 0 Å². The summed E-state index contributed by atoms with van der Waals surface area (Å²) in [5.74, 6) is -1.63. The number of halogens is 3. The SMILES string of the molecule is Fc1cccc(NCc2c(F)cccc2F)c1. The van der Waals surface area contributed by atoms with Crippen molar-refractivity contribution in [1.29, 1.82) is 0 Å². The number of anilines is 1. The van der Waals surface area contributed by atoms with Crippen molar-refractivity contribution in [2.24, 2.45) is 0 Å². The molecule has 0 radical (unpaired) electrons. The van der Waals surface area contributed by atoms with E-state index >= 15 is 0 Å². The van der Waals surface area contributed by atoms with E-state index in [0.717, 1.165) is 0 Å². The molecule has 4 heteroatoms. The van der Waals surface area contributed by atoms with E-state index in [4.69, 9.17) is 0 Å². The summed E-state index contributed by atoms with van der Waals surface area (Å²) < 4.78 is 39.4. The molecular weight excluding hydrogens is 227 g/mol. The van der Waals surface area contributed by atoms with Crippen LogP contribution in [0.15, 0.2) is 42.5 Å². The zero-order valence-electron chi connectivity index (χ0n) is 8.88. The van der Waals surface area contributed by atoms with E-state index in [2.05, 4.69) is 5.32 Å². The minimum Gasteiger partial charge on any atom is -0.381 e. The molecule has 1 N–H and O–H groups in total. The van der Waals surface area contributed by atoms with Gasteiger partial charge in [0.1, 0.15) is 17.5 Å². The largest absolute Gasteiger partial charge is 0.381 e. The van der Waals surface area contributed by atoms with Gasteiger partial charge >= 0.3 is 0 Å². The van der Waals surface area contributed by atoms with Crippen LogP contribution in [0.25, 0.3) is 0 Å². The Morgan fingerprint density at radius 2 is 1.53 bits per heavy atom. The minimum atomic E-state index is -0.617. The predicted molar refractivity (Wildman–Crippen MR) is 60.1 cm³/mol. The van der Waals surface area contributed by atoms with Crippen molar-refractivity contribution in [2.75, 3.05) is 5.32 Å². The maximum Gasteiger partial charge on any atom is 0.131 e. The highest BCUT2D eigenvalue weighted by Gasteiger charge is 2.07. The number of hydrogen-bond donors (Lipinski definition) is 1. The van der Waals surface area contributed by atoms with E-state index in [0.29, 0.717) is 5.69 Å². The maximum absolute atomic E-state index is 13.3. The van der Waals surface area contributed by atoms with Crippen LogP contribution in [0.4, 0.5) is 18.9 Å². The lowest BCUT2D eigenvalue weighted by atomic mass is 10.2. The van der Waals surface area contributed by atoms with Crippen LogP contribution in [0.3, 0.4) is 0 Å². The van der Waals surface area contributed by atoms with Crippen molar-refractivity contribution in [3.05, 3.63) is 65.5 Å². The van der Waals surface area contributed by atoms with Crippen molar-refractivity contribution < 1.29 is 13.2 Å². The molecule has 0 aromatic heterocycles. The number of rotatable bonds is 3. The fraction of sp³-hybridized carbons (Fsp3) is 0.0769. The third-order valence-corrected chi connectivity index (χ3v) is 2.36. The zero-order chi connectivity index (χ0) is 12.3. The normalized spacial score (nSPS) is 10.3. The first kappa shape index (κ1) is 11.5. The van der Waals surface area contributed by atoms with Gasteiger partial charge in [0.15, 0.2) is 0 Å². The summed E-state index contributed by atoms with van der Waals surface area (Å²) >= 11 is 0. The average molecular weight is 237 g/mol. The monoisotopic (exact) mass is 237 g/mol. The Morgan fingerprint density at radius 1 is 0.882 bits per heavy atom. The summed E-state index contributed by atoms with van der Waals surface area (Å²) in [5.41, 5.74) is 0.421. The van der Waals surface area contributed by atoms with Gasteiger partial charge in [-0.25, -0.2) is 13.2 Å². The Bertz CT molecular complexity index is 506. The van der Waals surface area contributed by atoms with Gasteiger partial charge in [-0.1, -0.05) is 12.1 Å². The summed E-state index contributed by atoms with van der Waals surface area (Å²) in [7, 11) is 0. The molecule has 2 rings (SSSR count). The topological polar surface area (TPSA) is 12.0 Å². The van der Waals surface area contributed by atoms with Gasteiger partial charge < -0.3 is 5.32 Å². The van der Waals surface area contributed by atoms with Gasteiger partial charge in [0.2, 0.25) is 0 Å². The third-order valence-electron chi connectivity index (χ3n) is 2.36. The molecule has 88 valence electrons. The van der Waals surface area contributed by atoms with Crippen LogP contribution in [-0.2, 0) is 6.54 Å². The molecule has 0 unspecified atom stereocenters. The molecule has 0 aliphatic heterocycles. The predicted octanol–water partition coefficient (Wildman–Crippen LogP) is 3.72. The molecule has 1 nitrogen and oxygen atoms in total. The van der Waals surface area contributed by atoms with Crippen LogP contribution in [0, 0.1) is 17.5 Å². The first-order valence-corrected chi connectivity index (χ1v) is 5.09. The second-order valence-electron chi connectivity index (χ2n) is 3.56. The molecule has 0 aliphatic rings. The summed E-state index contributed by atoms with van der Waals surface area (Å²) in [6.07, 6.45) is 0. The molecule has 0 saturated heterocycles. The quantitative estimate of drug-likeness (QED) is 0.857. The standard InChI is InChI=1S/C13H10F3N/c14-9-3-1-4-10(7-9)17-8-11-12(15)5-2-6-13(11)16/h1-7,17H,8H2. The Hall–Kier alpha value is -1.97. The fourth-order valence-electron chi connectivity index (χ4n) is 1.49. The number of hydrogen-bond acceptors (Lipinski definition) is 1. The molecule has 0 fully saturated rings.